The number of nitrogens with zero attached hydrogens (tertiary/aromatic N) is 1. The molecule has 2 rings (SSSR count). The number of hydrogen-bond acceptors (Lipinski definition) is 3. The molecule has 4 heteroatoms. The molecule has 0 saturated heterocycles. The van der Waals surface area contributed by atoms with E-state index in [0.29, 0.717) is 0 Å². The van der Waals surface area contributed by atoms with Crippen LogP contribution >= 0.6 is 11.6 Å². The maximum atomic E-state index is 5.96. The normalized spacial score (nSPS) is 10.8. The molecule has 0 fully saturated rings. The highest BCUT2D eigenvalue weighted by Gasteiger charge is 2.01. The first kappa shape index (κ1) is 13.1. The van der Waals surface area contributed by atoms with E-state index >= 15 is 0 Å². The third-order valence-electron chi connectivity index (χ3n) is 2.75. The average Bonchev–Trinajstić information content (AvgIpc) is 2.38. The van der Waals surface area contributed by atoms with Crippen LogP contribution in [0.4, 0.5) is 5.69 Å². The maximum absolute atomic E-state index is 5.96. The first-order chi connectivity index (χ1) is 8.81. The molecule has 1 heterocycles. The Morgan fingerprint density at radius 2 is 2.06 bits per heavy atom. The van der Waals surface area contributed by atoms with Crippen LogP contribution in [0.5, 0.6) is 0 Å². The minimum Gasteiger partial charge on any atom is -0.383 e. The highest BCUT2D eigenvalue weighted by Crippen LogP contribution is 2.23. The largest absolute Gasteiger partial charge is 0.383 e. The summed E-state index contributed by atoms with van der Waals surface area (Å²) in [6.07, 6.45) is 2.97. The summed E-state index contributed by atoms with van der Waals surface area (Å²) in [5.74, 6) is 0. The molecule has 1 aromatic heterocycles. The number of benzene rings is 1. The van der Waals surface area contributed by atoms with E-state index in [4.69, 9.17) is 11.6 Å². The highest BCUT2D eigenvalue weighted by atomic mass is 35.5. The zero-order chi connectivity index (χ0) is 12.8. The number of anilines is 1. The van der Waals surface area contributed by atoms with E-state index in [2.05, 4.69) is 22.5 Å². The van der Waals surface area contributed by atoms with Gasteiger partial charge in [0, 0.05) is 35.4 Å². The molecule has 1 aromatic carbocycles. The molecule has 2 N–H and O–H groups in total. The molecular weight excluding hydrogens is 246 g/mol. The van der Waals surface area contributed by atoms with E-state index in [1.807, 2.05) is 24.3 Å². The van der Waals surface area contributed by atoms with Crippen LogP contribution in [0.1, 0.15) is 13.3 Å². The molecular formula is C14H18ClN3. The molecule has 0 spiro atoms. The zero-order valence-corrected chi connectivity index (χ0v) is 11.3. The molecule has 18 heavy (non-hydrogen) atoms. The first-order valence-electron chi connectivity index (χ1n) is 6.30. The first-order valence-corrected chi connectivity index (χ1v) is 6.68. The Bertz CT molecular complexity index is 513. The van der Waals surface area contributed by atoms with E-state index in [9.17, 15) is 0 Å². The van der Waals surface area contributed by atoms with E-state index in [0.717, 1.165) is 47.7 Å². The van der Waals surface area contributed by atoms with Gasteiger partial charge in [-0.25, -0.2) is 0 Å². The van der Waals surface area contributed by atoms with Crippen molar-refractivity contribution < 1.29 is 0 Å². The van der Waals surface area contributed by atoms with Gasteiger partial charge < -0.3 is 10.6 Å². The molecule has 3 nitrogen and oxygen atoms in total. The lowest BCUT2D eigenvalue weighted by molar-refractivity contribution is 0.688. The smallest absolute Gasteiger partial charge is 0.0737 e. The minimum atomic E-state index is 0.719. The van der Waals surface area contributed by atoms with Crippen molar-refractivity contribution in [1.82, 2.24) is 10.3 Å². The van der Waals surface area contributed by atoms with Gasteiger partial charge in [0.05, 0.1) is 5.52 Å². The summed E-state index contributed by atoms with van der Waals surface area (Å²) in [4.78, 5) is 4.32. The minimum absolute atomic E-state index is 0.719. The summed E-state index contributed by atoms with van der Waals surface area (Å²) in [6.45, 7) is 5.10. The number of pyridine rings is 1. The third kappa shape index (κ3) is 3.34. The summed E-state index contributed by atoms with van der Waals surface area (Å²) < 4.78 is 0. The second kappa shape index (κ2) is 6.57. The lowest BCUT2D eigenvalue weighted by Gasteiger charge is -2.10. The third-order valence-corrected chi connectivity index (χ3v) is 2.98. The van der Waals surface area contributed by atoms with E-state index in [1.54, 1.807) is 6.20 Å². The standard InChI is InChI=1S/C14H18ClN3/c1-2-6-16-8-9-18-13-5-7-17-14-10-11(15)3-4-12(13)14/h3-5,7,10,16H,2,6,8-9H2,1H3,(H,17,18). The molecule has 2 aromatic rings. The fourth-order valence-electron chi connectivity index (χ4n) is 1.86. The quantitative estimate of drug-likeness (QED) is 0.786. The topological polar surface area (TPSA) is 37.0 Å². The van der Waals surface area contributed by atoms with Crippen molar-refractivity contribution >= 4 is 28.2 Å². The van der Waals surface area contributed by atoms with Crippen LogP contribution in [0.15, 0.2) is 30.5 Å². The fraction of sp³-hybridized carbons (Fsp3) is 0.357. The Morgan fingerprint density at radius 3 is 2.89 bits per heavy atom. The number of rotatable bonds is 6. The Kier molecular flexibility index (Phi) is 4.79. The molecule has 0 bridgehead atoms. The molecule has 0 radical (unpaired) electrons. The predicted octanol–water partition coefficient (Wildman–Crippen LogP) is 3.30. The molecule has 0 aliphatic rings. The molecule has 0 unspecified atom stereocenters. The number of halogens is 1. The van der Waals surface area contributed by atoms with Gasteiger partial charge in [-0.3, -0.25) is 4.98 Å². The lowest BCUT2D eigenvalue weighted by Crippen LogP contribution is -2.22. The van der Waals surface area contributed by atoms with Crippen molar-refractivity contribution in [1.29, 1.82) is 0 Å². The van der Waals surface area contributed by atoms with Crippen molar-refractivity contribution in [2.45, 2.75) is 13.3 Å². The number of nitrogens with one attached hydrogen (secondary N) is 2. The molecule has 0 saturated carbocycles. The van der Waals surface area contributed by atoms with E-state index in [1.165, 1.54) is 0 Å². The van der Waals surface area contributed by atoms with Gasteiger partial charge in [-0.1, -0.05) is 18.5 Å². The van der Waals surface area contributed by atoms with Gasteiger partial charge in [0.25, 0.3) is 0 Å². The highest BCUT2D eigenvalue weighted by molar-refractivity contribution is 6.31. The Balaban J connectivity index is 2.04. The Labute approximate surface area is 113 Å². The van der Waals surface area contributed by atoms with Crippen molar-refractivity contribution in [3.63, 3.8) is 0 Å². The number of fused-ring (bicyclic) bond motifs is 1. The average molecular weight is 264 g/mol. The Hall–Kier alpha value is -1.32. The van der Waals surface area contributed by atoms with E-state index < -0.39 is 0 Å². The SMILES string of the molecule is CCCNCCNc1ccnc2cc(Cl)ccc12. The second-order valence-electron chi connectivity index (χ2n) is 4.20. The molecule has 0 atom stereocenters. The van der Waals surface area contributed by atoms with Gasteiger partial charge in [0.2, 0.25) is 0 Å². The number of aromatic nitrogens is 1. The molecule has 0 aliphatic heterocycles. The van der Waals surface area contributed by atoms with Crippen molar-refractivity contribution in [3.05, 3.63) is 35.5 Å². The fourth-order valence-corrected chi connectivity index (χ4v) is 2.03. The van der Waals surface area contributed by atoms with Crippen molar-refractivity contribution in [2.75, 3.05) is 25.0 Å². The van der Waals surface area contributed by atoms with Crippen LogP contribution in [-0.4, -0.2) is 24.6 Å². The van der Waals surface area contributed by atoms with Crippen LogP contribution in [0, 0.1) is 0 Å². The van der Waals surface area contributed by atoms with Gasteiger partial charge in [-0.05, 0) is 37.2 Å². The van der Waals surface area contributed by atoms with Gasteiger partial charge in [-0.15, -0.1) is 0 Å². The number of hydrogen-bond donors (Lipinski definition) is 2. The summed E-state index contributed by atoms with van der Waals surface area (Å²) in [5, 5.41) is 8.61. The maximum Gasteiger partial charge on any atom is 0.0737 e. The van der Waals surface area contributed by atoms with Crippen LogP contribution in [-0.2, 0) is 0 Å². The predicted molar refractivity (Wildman–Crippen MR) is 78.4 cm³/mol. The summed E-state index contributed by atoms with van der Waals surface area (Å²) >= 11 is 5.96. The molecule has 0 aliphatic carbocycles. The summed E-state index contributed by atoms with van der Waals surface area (Å²) in [7, 11) is 0. The lowest BCUT2D eigenvalue weighted by atomic mass is 10.2. The van der Waals surface area contributed by atoms with E-state index in [-0.39, 0.29) is 0 Å². The molecule has 0 amide bonds. The Morgan fingerprint density at radius 1 is 1.17 bits per heavy atom. The summed E-state index contributed by atoms with van der Waals surface area (Å²) in [5.41, 5.74) is 2.03. The van der Waals surface area contributed by atoms with Crippen LogP contribution in [0.25, 0.3) is 10.9 Å². The summed E-state index contributed by atoms with van der Waals surface area (Å²) in [6, 6.07) is 7.78. The molecule has 96 valence electrons. The second-order valence-corrected chi connectivity index (χ2v) is 4.63. The monoisotopic (exact) mass is 263 g/mol. The van der Waals surface area contributed by atoms with Crippen LogP contribution in [0.3, 0.4) is 0 Å². The van der Waals surface area contributed by atoms with Gasteiger partial charge in [0.1, 0.15) is 0 Å². The zero-order valence-electron chi connectivity index (χ0n) is 10.5. The van der Waals surface area contributed by atoms with Crippen molar-refractivity contribution in [3.8, 4) is 0 Å². The van der Waals surface area contributed by atoms with Crippen LogP contribution < -0.4 is 10.6 Å². The van der Waals surface area contributed by atoms with Gasteiger partial charge in [0.15, 0.2) is 0 Å². The van der Waals surface area contributed by atoms with Gasteiger partial charge in [-0.2, -0.15) is 0 Å². The van der Waals surface area contributed by atoms with Crippen LogP contribution in [0.2, 0.25) is 5.02 Å². The van der Waals surface area contributed by atoms with Crippen molar-refractivity contribution in [2.24, 2.45) is 0 Å². The van der Waals surface area contributed by atoms with Gasteiger partial charge >= 0.3 is 0 Å².